The monoisotopic (exact) mass is 573 g/mol. The van der Waals surface area contributed by atoms with Crippen LogP contribution in [0.2, 0.25) is 0 Å². The zero-order chi connectivity index (χ0) is 23.1. The molecule has 0 radical (unpaired) electrons. The predicted molar refractivity (Wildman–Crippen MR) is 138 cm³/mol. The molecule has 2 aromatic rings. The molecule has 1 aliphatic rings. The van der Waals surface area contributed by atoms with Gasteiger partial charge < -0.3 is 25.2 Å². The number of guanidine groups is 1. The summed E-state index contributed by atoms with van der Waals surface area (Å²) in [4.78, 5) is 20.2. The van der Waals surface area contributed by atoms with E-state index in [-0.39, 0.29) is 35.6 Å². The van der Waals surface area contributed by atoms with E-state index in [2.05, 4.69) is 15.5 Å². The van der Waals surface area contributed by atoms with Gasteiger partial charge in [0, 0.05) is 45.7 Å². The van der Waals surface area contributed by atoms with Crippen molar-refractivity contribution in [3.05, 3.63) is 53.6 Å². The second-order valence-corrected chi connectivity index (χ2v) is 7.46. The van der Waals surface area contributed by atoms with Gasteiger partial charge in [-0.05, 0) is 36.8 Å². The number of hydrogen-bond acceptors (Lipinski definition) is 4. The number of piperazine rings is 1. The Morgan fingerprint density at radius 3 is 2.48 bits per heavy atom. The standard InChI is InChI=1S/C23H29F2N5O2.HI/c1-4-26-23(27-15-17-5-8-22(32-3)20(13-17)28-16(2)31)30-11-9-29(10-12-30)21-14-18(24)6-7-19(21)25;/h5-8,13-14H,4,9-12,15H2,1-3H3,(H,26,27)(H,28,31);1H. The Labute approximate surface area is 210 Å². The summed E-state index contributed by atoms with van der Waals surface area (Å²) in [6, 6.07) is 9.07. The summed E-state index contributed by atoms with van der Waals surface area (Å²) in [7, 11) is 1.55. The first-order valence-corrected chi connectivity index (χ1v) is 10.6. The summed E-state index contributed by atoms with van der Waals surface area (Å²) in [5.74, 6) is 0.293. The van der Waals surface area contributed by atoms with Gasteiger partial charge in [0.05, 0.1) is 25.0 Å². The number of nitrogens with zero attached hydrogens (tertiary/aromatic N) is 3. The average molecular weight is 573 g/mol. The third-order valence-electron chi connectivity index (χ3n) is 5.15. The van der Waals surface area contributed by atoms with Gasteiger partial charge in [-0.25, -0.2) is 13.8 Å². The normalized spacial score (nSPS) is 13.9. The average Bonchev–Trinajstić information content (AvgIpc) is 2.78. The lowest BCUT2D eigenvalue weighted by Gasteiger charge is -2.37. The highest BCUT2D eigenvalue weighted by Crippen LogP contribution is 2.26. The first-order valence-electron chi connectivity index (χ1n) is 10.6. The number of ether oxygens (including phenoxy) is 1. The molecule has 1 saturated heterocycles. The van der Waals surface area contributed by atoms with Gasteiger partial charge in [0.15, 0.2) is 5.96 Å². The zero-order valence-electron chi connectivity index (χ0n) is 19.0. The summed E-state index contributed by atoms with van der Waals surface area (Å²) in [5, 5.41) is 6.06. The van der Waals surface area contributed by atoms with E-state index in [1.54, 1.807) is 13.2 Å². The fraction of sp³-hybridized carbons (Fsp3) is 0.391. The van der Waals surface area contributed by atoms with Crippen LogP contribution in [0.4, 0.5) is 20.2 Å². The minimum atomic E-state index is -0.447. The summed E-state index contributed by atoms with van der Waals surface area (Å²) < 4.78 is 33.0. The van der Waals surface area contributed by atoms with E-state index in [0.717, 1.165) is 23.7 Å². The van der Waals surface area contributed by atoms with Gasteiger partial charge in [-0.3, -0.25) is 4.79 Å². The number of halogens is 3. The van der Waals surface area contributed by atoms with Crippen molar-refractivity contribution in [2.45, 2.75) is 20.4 Å². The molecule has 7 nitrogen and oxygen atoms in total. The first kappa shape index (κ1) is 26.6. The number of rotatable bonds is 6. The van der Waals surface area contributed by atoms with Crippen molar-refractivity contribution in [2.24, 2.45) is 4.99 Å². The fourth-order valence-corrected chi connectivity index (χ4v) is 3.62. The number of methoxy groups -OCH3 is 1. The van der Waals surface area contributed by atoms with Gasteiger partial charge in [0.2, 0.25) is 5.91 Å². The highest BCUT2D eigenvalue weighted by molar-refractivity contribution is 14.0. The first-order chi connectivity index (χ1) is 15.4. The van der Waals surface area contributed by atoms with Crippen LogP contribution in [-0.4, -0.2) is 56.6 Å². The van der Waals surface area contributed by atoms with Gasteiger partial charge in [-0.1, -0.05) is 6.07 Å². The Kier molecular flexibility index (Phi) is 10.1. The van der Waals surface area contributed by atoms with E-state index < -0.39 is 11.6 Å². The number of carbonyl (C=O) groups excluding carboxylic acids is 1. The molecule has 2 N–H and O–H groups in total. The Hall–Kier alpha value is -2.63. The van der Waals surface area contributed by atoms with E-state index in [1.165, 1.54) is 13.0 Å². The Morgan fingerprint density at radius 2 is 1.85 bits per heavy atom. The molecule has 0 bridgehead atoms. The predicted octanol–water partition coefficient (Wildman–Crippen LogP) is 3.84. The van der Waals surface area contributed by atoms with Crippen LogP contribution in [0.3, 0.4) is 0 Å². The lowest BCUT2D eigenvalue weighted by atomic mass is 10.2. The molecule has 180 valence electrons. The Bertz CT molecular complexity index is 981. The van der Waals surface area contributed by atoms with Crippen LogP contribution in [0.25, 0.3) is 0 Å². The molecule has 2 aromatic carbocycles. The van der Waals surface area contributed by atoms with Crippen LogP contribution in [0.15, 0.2) is 41.4 Å². The van der Waals surface area contributed by atoms with E-state index >= 15 is 0 Å². The van der Waals surface area contributed by atoms with Crippen LogP contribution < -0.4 is 20.3 Å². The van der Waals surface area contributed by atoms with Crippen molar-refractivity contribution in [1.29, 1.82) is 0 Å². The zero-order valence-corrected chi connectivity index (χ0v) is 21.4. The number of aliphatic imine (C=N–C) groups is 1. The van der Waals surface area contributed by atoms with Crippen molar-refractivity contribution in [3.63, 3.8) is 0 Å². The van der Waals surface area contributed by atoms with Crippen molar-refractivity contribution in [2.75, 3.05) is 50.1 Å². The molecule has 0 atom stereocenters. The Balaban J connectivity index is 0.00000385. The van der Waals surface area contributed by atoms with E-state index in [9.17, 15) is 13.6 Å². The maximum Gasteiger partial charge on any atom is 0.221 e. The second-order valence-electron chi connectivity index (χ2n) is 7.46. The SMILES string of the molecule is CCNC(=NCc1ccc(OC)c(NC(C)=O)c1)N1CCN(c2cc(F)ccc2F)CC1.I. The maximum atomic E-state index is 14.1. The molecule has 1 heterocycles. The van der Waals surface area contributed by atoms with E-state index in [1.807, 2.05) is 24.0 Å². The number of hydrogen-bond donors (Lipinski definition) is 2. The number of anilines is 2. The van der Waals surface area contributed by atoms with Crippen molar-refractivity contribution in [1.82, 2.24) is 10.2 Å². The molecule has 0 spiro atoms. The summed E-state index contributed by atoms with van der Waals surface area (Å²) >= 11 is 0. The second kappa shape index (κ2) is 12.6. The van der Waals surface area contributed by atoms with Crippen LogP contribution in [0.5, 0.6) is 5.75 Å². The third kappa shape index (κ3) is 7.18. The van der Waals surface area contributed by atoms with Crippen LogP contribution in [0, 0.1) is 11.6 Å². The molecule has 1 amide bonds. The number of amides is 1. The van der Waals surface area contributed by atoms with Gasteiger partial charge in [0.25, 0.3) is 0 Å². The smallest absolute Gasteiger partial charge is 0.221 e. The van der Waals surface area contributed by atoms with Gasteiger partial charge in [-0.15, -0.1) is 24.0 Å². The molecular formula is C23H30F2IN5O2. The molecule has 0 aliphatic carbocycles. The third-order valence-corrected chi connectivity index (χ3v) is 5.15. The minimum absolute atomic E-state index is 0. The minimum Gasteiger partial charge on any atom is -0.495 e. The van der Waals surface area contributed by atoms with Crippen LogP contribution in [0.1, 0.15) is 19.4 Å². The molecular weight excluding hydrogens is 543 g/mol. The number of nitrogens with one attached hydrogen (secondary N) is 2. The quantitative estimate of drug-likeness (QED) is 0.313. The fourth-order valence-electron chi connectivity index (χ4n) is 3.62. The molecule has 0 unspecified atom stereocenters. The molecule has 0 aromatic heterocycles. The van der Waals surface area contributed by atoms with Crippen LogP contribution >= 0.6 is 24.0 Å². The van der Waals surface area contributed by atoms with Gasteiger partial charge in [-0.2, -0.15) is 0 Å². The van der Waals surface area contributed by atoms with Gasteiger partial charge in [0.1, 0.15) is 17.4 Å². The Morgan fingerprint density at radius 1 is 1.12 bits per heavy atom. The van der Waals surface area contributed by atoms with Crippen LogP contribution in [-0.2, 0) is 11.3 Å². The molecule has 33 heavy (non-hydrogen) atoms. The van der Waals surface area contributed by atoms with Crippen molar-refractivity contribution < 1.29 is 18.3 Å². The van der Waals surface area contributed by atoms with E-state index in [0.29, 0.717) is 50.7 Å². The molecule has 1 aliphatic heterocycles. The molecule has 0 saturated carbocycles. The highest BCUT2D eigenvalue weighted by atomic mass is 127. The lowest BCUT2D eigenvalue weighted by molar-refractivity contribution is -0.114. The van der Waals surface area contributed by atoms with Crippen molar-refractivity contribution >= 4 is 47.2 Å². The highest BCUT2D eigenvalue weighted by Gasteiger charge is 2.22. The molecule has 10 heteroatoms. The lowest BCUT2D eigenvalue weighted by Crippen LogP contribution is -2.52. The maximum absolute atomic E-state index is 14.1. The molecule has 1 fully saturated rings. The summed E-state index contributed by atoms with van der Waals surface area (Å²) in [5.41, 5.74) is 1.81. The summed E-state index contributed by atoms with van der Waals surface area (Å²) in [6.45, 7) is 6.93. The summed E-state index contributed by atoms with van der Waals surface area (Å²) in [6.07, 6.45) is 0. The topological polar surface area (TPSA) is 69.2 Å². The largest absolute Gasteiger partial charge is 0.495 e. The van der Waals surface area contributed by atoms with Gasteiger partial charge >= 0.3 is 0 Å². The van der Waals surface area contributed by atoms with Crippen molar-refractivity contribution in [3.8, 4) is 5.75 Å². The number of benzene rings is 2. The number of carbonyl (C=O) groups is 1. The van der Waals surface area contributed by atoms with E-state index in [4.69, 9.17) is 9.73 Å². The molecule has 3 rings (SSSR count).